The first kappa shape index (κ1) is 15.7. The van der Waals surface area contributed by atoms with Crippen molar-refractivity contribution in [3.05, 3.63) is 35.6 Å². The predicted molar refractivity (Wildman–Crippen MR) is 83.8 cm³/mol. The first-order valence-electron chi connectivity index (χ1n) is 7.36. The van der Waals surface area contributed by atoms with Gasteiger partial charge in [0.2, 0.25) is 0 Å². The number of nitrogens with one attached hydrogen (secondary N) is 1. The molecule has 0 saturated carbocycles. The Kier molecular flexibility index (Phi) is 4.37. The van der Waals surface area contributed by atoms with Gasteiger partial charge in [0.1, 0.15) is 5.82 Å². The molecule has 1 fully saturated rings. The number of halogens is 1. The Labute approximate surface area is 122 Å². The van der Waals surface area contributed by atoms with Gasteiger partial charge in [-0.25, -0.2) is 4.39 Å². The Morgan fingerprint density at radius 3 is 2.60 bits per heavy atom. The number of rotatable bonds is 3. The lowest BCUT2D eigenvalue weighted by Gasteiger charge is -2.38. The summed E-state index contributed by atoms with van der Waals surface area (Å²) >= 11 is 0. The minimum Gasteiger partial charge on any atom is -0.413 e. The first-order chi connectivity index (χ1) is 9.19. The van der Waals surface area contributed by atoms with Crippen molar-refractivity contribution in [1.82, 2.24) is 5.32 Å². The summed E-state index contributed by atoms with van der Waals surface area (Å²) in [6, 6.07) is 7.07. The zero-order valence-corrected chi connectivity index (χ0v) is 14.2. The molecule has 1 aliphatic rings. The average molecular weight is 295 g/mol. The standard InChI is InChI=1S/C16H26FNOSi/c1-16(2,3)20(4,5)19-14-10-15(18-11-14)12-7-6-8-13(17)9-12/h6-9,14-15,18H,10-11H2,1-5H3/t14-,15+/m1/s1. The van der Waals surface area contributed by atoms with Crippen molar-refractivity contribution < 1.29 is 8.82 Å². The Hall–Kier alpha value is -0.713. The summed E-state index contributed by atoms with van der Waals surface area (Å²) in [5.41, 5.74) is 1.02. The normalized spacial score (nSPS) is 24.1. The second-order valence-corrected chi connectivity index (χ2v) is 12.0. The summed E-state index contributed by atoms with van der Waals surface area (Å²) in [6.07, 6.45) is 1.17. The van der Waals surface area contributed by atoms with E-state index in [2.05, 4.69) is 39.2 Å². The van der Waals surface area contributed by atoms with Crippen molar-refractivity contribution in [2.24, 2.45) is 0 Å². The maximum atomic E-state index is 13.3. The van der Waals surface area contributed by atoms with Gasteiger partial charge in [-0.3, -0.25) is 0 Å². The highest BCUT2D eigenvalue weighted by Crippen LogP contribution is 2.39. The summed E-state index contributed by atoms with van der Waals surface area (Å²) in [6.45, 7) is 12.2. The van der Waals surface area contributed by atoms with Crippen LogP contribution in [-0.4, -0.2) is 21.0 Å². The molecule has 2 nitrogen and oxygen atoms in total. The van der Waals surface area contributed by atoms with Crippen LogP contribution in [-0.2, 0) is 4.43 Å². The highest BCUT2D eigenvalue weighted by atomic mass is 28.4. The zero-order chi connectivity index (χ0) is 15.0. The molecule has 1 heterocycles. The quantitative estimate of drug-likeness (QED) is 0.842. The van der Waals surface area contributed by atoms with Crippen molar-refractivity contribution in [1.29, 1.82) is 0 Å². The van der Waals surface area contributed by atoms with Crippen LogP contribution in [0.4, 0.5) is 4.39 Å². The largest absolute Gasteiger partial charge is 0.413 e. The molecule has 0 amide bonds. The van der Waals surface area contributed by atoms with Gasteiger partial charge in [-0.05, 0) is 42.2 Å². The molecule has 0 radical (unpaired) electrons. The molecule has 4 heteroatoms. The van der Waals surface area contributed by atoms with Crippen LogP contribution in [0.15, 0.2) is 24.3 Å². The second-order valence-electron chi connectivity index (χ2n) is 7.25. The maximum Gasteiger partial charge on any atom is 0.192 e. The zero-order valence-electron chi connectivity index (χ0n) is 13.2. The van der Waals surface area contributed by atoms with E-state index in [1.54, 1.807) is 12.1 Å². The number of hydrogen-bond donors (Lipinski definition) is 1. The lowest BCUT2D eigenvalue weighted by molar-refractivity contribution is 0.197. The fraction of sp³-hybridized carbons (Fsp3) is 0.625. The lowest BCUT2D eigenvalue weighted by Crippen LogP contribution is -2.44. The first-order valence-corrected chi connectivity index (χ1v) is 10.3. The summed E-state index contributed by atoms with van der Waals surface area (Å²) in [5.74, 6) is -0.168. The van der Waals surface area contributed by atoms with E-state index in [1.807, 2.05) is 6.07 Å². The Morgan fingerprint density at radius 1 is 1.30 bits per heavy atom. The van der Waals surface area contributed by atoms with Crippen molar-refractivity contribution >= 4 is 8.32 Å². The molecule has 1 N–H and O–H groups in total. The van der Waals surface area contributed by atoms with Crippen LogP contribution in [0.5, 0.6) is 0 Å². The van der Waals surface area contributed by atoms with Crippen molar-refractivity contribution in [3.8, 4) is 0 Å². The smallest absolute Gasteiger partial charge is 0.192 e. The van der Waals surface area contributed by atoms with Crippen molar-refractivity contribution in [2.75, 3.05) is 6.54 Å². The molecule has 112 valence electrons. The molecular weight excluding hydrogens is 269 g/mol. The van der Waals surface area contributed by atoms with Gasteiger partial charge in [0.05, 0.1) is 6.10 Å². The Morgan fingerprint density at radius 2 is 2.00 bits per heavy atom. The molecule has 2 atom stereocenters. The van der Waals surface area contributed by atoms with E-state index in [-0.39, 0.29) is 23.0 Å². The van der Waals surface area contributed by atoms with E-state index in [0.717, 1.165) is 18.5 Å². The molecule has 1 saturated heterocycles. The third kappa shape index (κ3) is 3.48. The van der Waals surface area contributed by atoms with Gasteiger partial charge in [-0.2, -0.15) is 0 Å². The van der Waals surface area contributed by atoms with E-state index in [9.17, 15) is 4.39 Å². The van der Waals surface area contributed by atoms with E-state index >= 15 is 0 Å². The lowest BCUT2D eigenvalue weighted by atomic mass is 10.0. The summed E-state index contributed by atoms with van der Waals surface area (Å²) in [5, 5.41) is 3.68. The molecule has 1 aliphatic heterocycles. The highest BCUT2D eigenvalue weighted by molar-refractivity contribution is 6.74. The number of benzene rings is 1. The average Bonchev–Trinajstić information content (AvgIpc) is 2.75. The van der Waals surface area contributed by atoms with Crippen LogP contribution in [0.3, 0.4) is 0 Å². The van der Waals surface area contributed by atoms with Crippen LogP contribution in [0.2, 0.25) is 18.1 Å². The molecule has 0 unspecified atom stereocenters. The minimum absolute atomic E-state index is 0.168. The van der Waals surface area contributed by atoms with E-state index in [4.69, 9.17) is 4.43 Å². The molecule has 1 aromatic carbocycles. The van der Waals surface area contributed by atoms with Crippen molar-refractivity contribution in [2.45, 2.75) is 57.5 Å². The molecule has 1 aromatic rings. The van der Waals surface area contributed by atoms with Crippen LogP contribution in [0.1, 0.15) is 38.8 Å². The van der Waals surface area contributed by atoms with Crippen LogP contribution in [0.25, 0.3) is 0 Å². The van der Waals surface area contributed by atoms with Crippen LogP contribution < -0.4 is 5.32 Å². The molecular formula is C16H26FNOSi. The molecule has 0 spiro atoms. The Balaban J connectivity index is 2.00. The van der Waals surface area contributed by atoms with Gasteiger partial charge in [0, 0.05) is 12.6 Å². The molecule has 0 aromatic heterocycles. The maximum absolute atomic E-state index is 13.3. The fourth-order valence-electron chi connectivity index (χ4n) is 2.36. The molecule has 2 rings (SSSR count). The Bertz CT molecular complexity index is 470. The SMILES string of the molecule is CC(C)(C)[Si](C)(C)O[C@H]1CN[C@H](c2cccc(F)c2)C1. The van der Waals surface area contributed by atoms with Gasteiger partial charge in [-0.1, -0.05) is 32.9 Å². The third-order valence-corrected chi connectivity index (χ3v) is 9.14. The van der Waals surface area contributed by atoms with Crippen molar-refractivity contribution in [3.63, 3.8) is 0 Å². The summed E-state index contributed by atoms with van der Waals surface area (Å²) in [7, 11) is -1.73. The highest BCUT2D eigenvalue weighted by Gasteiger charge is 2.40. The van der Waals surface area contributed by atoms with E-state index < -0.39 is 8.32 Å². The predicted octanol–water partition coefficient (Wildman–Crippen LogP) is 4.25. The second kappa shape index (κ2) is 5.58. The number of hydrogen-bond acceptors (Lipinski definition) is 2. The van der Waals surface area contributed by atoms with Gasteiger partial charge in [0.25, 0.3) is 0 Å². The molecule has 20 heavy (non-hydrogen) atoms. The molecule has 0 aliphatic carbocycles. The topological polar surface area (TPSA) is 21.3 Å². The third-order valence-electron chi connectivity index (χ3n) is 4.61. The van der Waals surface area contributed by atoms with E-state index in [0.29, 0.717) is 0 Å². The van der Waals surface area contributed by atoms with E-state index in [1.165, 1.54) is 6.07 Å². The van der Waals surface area contributed by atoms with Crippen LogP contribution in [0, 0.1) is 5.82 Å². The van der Waals surface area contributed by atoms with Gasteiger partial charge < -0.3 is 9.74 Å². The monoisotopic (exact) mass is 295 g/mol. The molecule has 0 bridgehead atoms. The van der Waals surface area contributed by atoms with Gasteiger partial charge in [0.15, 0.2) is 8.32 Å². The fourth-order valence-corrected chi connectivity index (χ4v) is 3.73. The summed E-state index contributed by atoms with van der Waals surface area (Å²) in [4.78, 5) is 0. The van der Waals surface area contributed by atoms with Crippen LogP contribution >= 0.6 is 0 Å². The summed E-state index contributed by atoms with van der Waals surface area (Å²) < 4.78 is 19.7. The van der Waals surface area contributed by atoms with Gasteiger partial charge >= 0.3 is 0 Å². The minimum atomic E-state index is -1.73. The van der Waals surface area contributed by atoms with Gasteiger partial charge in [-0.15, -0.1) is 0 Å².